The maximum Gasteiger partial charge on any atom is 0.225 e. The molecule has 132 valence electrons. The topological polar surface area (TPSA) is 80.1 Å². The van der Waals surface area contributed by atoms with Gasteiger partial charge in [0.15, 0.2) is 0 Å². The summed E-state index contributed by atoms with van der Waals surface area (Å²) < 4.78 is 1.87. The van der Waals surface area contributed by atoms with Gasteiger partial charge in [0.2, 0.25) is 11.8 Å². The summed E-state index contributed by atoms with van der Waals surface area (Å²) >= 11 is 0. The average molecular weight is 341 g/mol. The number of pyridine rings is 1. The summed E-state index contributed by atoms with van der Waals surface area (Å²) in [7, 11) is 0. The maximum absolute atomic E-state index is 12.3. The molecule has 0 radical (unpaired) electrons. The molecule has 0 spiro atoms. The van der Waals surface area contributed by atoms with Crippen molar-refractivity contribution in [1.82, 2.24) is 25.0 Å². The highest BCUT2D eigenvalue weighted by atomic mass is 16.2. The van der Waals surface area contributed by atoms with E-state index in [1.807, 2.05) is 36.1 Å². The van der Waals surface area contributed by atoms with Crippen molar-refractivity contribution < 1.29 is 9.59 Å². The maximum atomic E-state index is 12.3. The van der Waals surface area contributed by atoms with Crippen LogP contribution in [0.25, 0.3) is 0 Å². The van der Waals surface area contributed by atoms with Crippen LogP contribution in [0.1, 0.15) is 24.0 Å². The van der Waals surface area contributed by atoms with Gasteiger partial charge in [0.25, 0.3) is 0 Å². The Kier molecular flexibility index (Phi) is 5.42. The number of aromatic nitrogens is 3. The molecule has 7 heteroatoms. The zero-order chi connectivity index (χ0) is 17.6. The quantitative estimate of drug-likeness (QED) is 0.766. The number of hydrogen-bond donors (Lipinski definition) is 1. The summed E-state index contributed by atoms with van der Waals surface area (Å²) in [6, 6.07) is 3.78. The normalized spacial score (nSPS) is 17.1. The lowest BCUT2D eigenvalue weighted by Gasteiger charge is -2.16. The van der Waals surface area contributed by atoms with E-state index in [1.165, 1.54) is 0 Å². The van der Waals surface area contributed by atoms with Crippen molar-refractivity contribution in [3.05, 3.63) is 48.0 Å². The van der Waals surface area contributed by atoms with Crippen molar-refractivity contribution in [2.24, 2.45) is 5.92 Å². The van der Waals surface area contributed by atoms with Crippen molar-refractivity contribution in [2.45, 2.75) is 32.9 Å². The molecule has 1 atom stereocenters. The van der Waals surface area contributed by atoms with E-state index in [1.54, 1.807) is 17.3 Å². The third-order valence-electron chi connectivity index (χ3n) is 4.31. The van der Waals surface area contributed by atoms with Crippen molar-refractivity contribution in [2.75, 3.05) is 13.1 Å². The Labute approximate surface area is 147 Å². The average Bonchev–Trinajstić information content (AvgIpc) is 3.18. The van der Waals surface area contributed by atoms with Gasteiger partial charge < -0.3 is 10.2 Å². The lowest BCUT2D eigenvalue weighted by molar-refractivity contribution is -0.129. The fourth-order valence-corrected chi connectivity index (χ4v) is 3.00. The van der Waals surface area contributed by atoms with Gasteiger partial charge in [0, 0.05) is 51.2 Å². The molecule has 2 aromatic rings. The van der Waals surface area contributed by atoms with Gasteiger partial charge in [-0.05, 0) is 30.5 Å². The summed E-state index contributed by atoms with van der Waals surface area (Å²) in [4.78, 5) is 30.2. The molecule has 1 fully saturated rings. The Morgan fingerprint density at radius 1 is 1.40 bits per heavy atom. The predicted octanol–water partition coefficient (Wildman–Crippen LogP) is 1.14. The number of likely N-dealkylation sites (tertiary alicyclic amines) is 1. The summed E-state index contributed by atoms with van der Waals surface area (Å²) in [6.45, 7) is 4.34. The van der Waals surface area contributed by atoms with Crippen LogP contribution in [0.5, 0.6) is 0 Å². The fourth-order valence-electron chi connectivity index (χ4n) is 3.00. The van der Waals surface area contributed by atoms with E-state index in [0.29, 0.717) is 19.6 Å². The minimum Gasteiger partial charge on any atom is -0.356 e. The highest BCUT2D eigenvalue weighted by molar-refractivity contribution is 5.89. The zero-order valence-electron chi connectivity index (χ0n) is 14.4. The molecule has 1 aliphatic heterocycles. The molecule has 2 aromatic heterocycles. The molecule has 25 heavy (non-hydrogen) atoms. The Morgan fingerprint density at radius 2 is 2.28 bits per heavy atom. The lowest BCUT2D eigenvalue weighted by Crippen LogP contribution is -2.33. The molecule has 0 bridgehead atoms. The first kappa shape index (κ1) is 17.1. The summed E-state index contributed by atoms with van der Waals surface area (Å²) in [5.41, 5.74) is 2.11. The number of carbonyl (C=O) groups excluding carboxylic acids is 2. The van der Waals surface area contributed by atoms with Crippen molar-refractivity contribution >= 4 is 11.8 Å². The second-order valence-electron chi connectivity index (χ2n) is 6.46. The number of carbonyl (C=O) groups is 2. The van der Waals surface area contributed by atoms with Gasteiger partial charge in [-0.1, -0.05) is 6.07 Å². The molecule has 0 aromatic carbocycles. The number of rotatable bonds is 7. The molecule has 1 aliphatic rings. The summed E-state index contributed by atoms with van der Waals surface area (Å²) in [6.07, 6.45) is 8.35. The molecule has 7 nitrogen and oxygen atoms in total. The van der Waals surface area contributed by atoms with Crippen LogP contribution in [0.3, 0.4) is 0 Å². The van der Waals surface area contributed by atoms with Crippen LogP contribution in [0, 0.1) is 12.8 Å². The Hall–Kier alpha value is -2.70. The van der Waals surface area contributed by atoms with Crippen LogP contribution in [0.2, 0.25) is 0 Å². The monoisotopic (exact) mass is 341 g/mol. The van der Waals surface area contributed by atoms with Gasteiger partial charge in [-0.2, -0.15) is 5.10 Å². The van der Waals surface area contributed by atoms with Crippen molar-refractivity contribution in [3.8, 4) is 0 Å². The van der Waals surface area contributed by atoms with Gasteiger partial charge in [-0.25, -0.2) is 0 Å². The summed E-state index contributed by atoms with van der Waals surface area (Å²) in [5, 5.41) is 7.15. The number of nitrogens with zero attached hydrogens (tertiary/aromatic N) is 4. The molecule has 3 heterocycles. The van der Waals surface area contributed by atoms with Gasteiger partial charge in [0.1, 0.15) is 0 Å². The minimum atomic E-state index is -0.267. The molecule has 1 saturated heterocycles. The van der Waals surface area contributed by atoms with Gasteiger partial charge in [-0.15, -0.1) is 0 Å². The van der Waals surface area contributed by atoms with Crippen LogP contribution in [-0.2, 0) is 22.7 Å². The molecular formula is C18H23N5O2. The Morgan fingerprint density at radius 3 is 3.00 bits per heavy atom. The van der Waals surface area contributed by atoms with Crippen LogP contribution >= 0.6 is 0 Å². The van der Waals surface area contributed by atoms with E-state index in [9.17, 15) is 9.59 Å². The number of hydrogen-bond acceptors (Lipinski definition) is 4. The second kappa shape index (κ2) is 7.92. The first-order chi connectivity index (χ1) is 12.1. The minimum absolute atomic E-state index is 0.0241. The van der Waals surface area contributed by atoms with E-state index in [4.69, 9.17) is 0 Å². The number of amides is 2. The molecule has 2 amide bonds. The van der Waals surface area contributed by atoms with Crippen LogP contribution in [0.15, 0.2) is 36.9 Å². The fraction of sp³-hybridized carbons (Fsp3) is 0.444. The molecular weight excluding hydrogens is 318 g/mol. The van der Waals surface area contributed by atoms with Gasteiger partial charge >= 0.3 is 0 Å². The molecule has 0 saturated carbocycles. The van der Waals surface area contributed by atoms with Gasteiger partial charge in [-0.3, -0.25) is 19.3 Å². The second-order valence-corrected chi connectivity index (χ2v) is 6.46. The first-order valence-electron chi connectivity index (χ1n) is 8.55. The zero-order valence-corrected chi connectivity index (χ0v) is 14.4. The van der Waals surface area contributed by atoms with E-state index >= 15 is 0 Å². The van der Waals surface area contributed by atoms with Crippen LogP contribution in [-0.4, -0.2) is 44.6 Å². The SMILES string of the molecule is Cc1cnn(CCCNC(=O)[C@H]2CC(=O)N(Cc3cccnc3)C2)c1. The van der Waals surface area contributed by atoms with E-state index < -0.39 is 0 Å². The third-order valence-corrected chi connectivity index (χ3v) is 4.31. The lowest BCUT2D eigenvalue weighted by atomic mass is 10.1. The van der Waals surface area contributed by atoms with E-state index in [0.717, 1.165) is 24.1 Å². The highest BCUT2D eigenvalue weighted by Crippen LogP contribution is 2.20. The first-order valence-corrected chi connectivity index (χ1v) is 8.55. The molecule has 0 aliphatic carbocycles. The molecule has 0 unspecified atom stereocenters. The molecule has 3 rings (SSSR count). The third kappa shape index (κ3) is 4.65. The smallest absolute Gasteiger partial charge is 0.225 e. The predicted molar refractivity (Wildman–Crippen MR) is 92.4 cm³/mol. The number of nitrogens with one attached hydrogen (secondary N) is 1. The molecule has 1 N–H and O–H groups in total. The van der Waals surface area contributed by atoms with Crippen LogP contribution in [0.4, 0.5) is 0 Å². The van der Waals surface area contributed by atoms with Crippen molar-refractivity contribution in [3.63, 3.8) is 0 Å². The van der Waals surface area contributed by atoms with Gasteiger partial charge in [0.05, 0.1) is 12.1 Å². The van der Waals surface area contributed by atoms with E-state index in [2.05, 4.69) is 15.4 Å². The largest absolute Gasteiger partial charge is 0.356 e. The Bertz CT molecular complexity index is 728. The van der Waals surface area contributed by atoms with Crippen molar-refractivity contribution in [1.29, 1.82) is 0 Å². The van der Waals surface area contributed by atoms with Crippen LogP contribution < -0.4 is 5.32 Å². The number of aryl methyl sites for hydroxylation is 2. The highest BCUT2D eigenvalue weighted by Gasteiger charge is 2.33. The Balaban J connectivity index is 1.41. The summed E-state index contributed by atoms with van der Waals surface area (Å²) in [5.74, 6) is -0.286. The van der Waals surface area contributed by atoms with E-state index in [-0.39, 0.29) is 24.2 Å². The standard InChI is InChI=1S/C18H23N5O2/c1-14-9-21-23(11-14)7-3-6-20-18(25)16-8-17(24)22(13-16)12-15-4-2-5-19-10-15/h2,4-5,9-11,16H,3,6-8,12-13H2,1H3,(H,20,25)/t16-/m0/s1.